The van der Waals surface area contributed by atoms with Crippen molar-refractivity contribution in [3.8, 4) is 0 Å². The molecular formula is C14H23N3O. The highest BCUT2D eigenvalue weighted by Gasteiger charge is 2.18. The van der Waals surface area contributed by atoms with Crippen LogP contribution in [0.2, 0.25) is 0 Å². The Balaban J connectivity index is 2.08. The Morgan fingerprint density at radius 3 is 2.56 bits per heavy atom. The maximum Gasteiger partial charge on any atom is 0.129 e. The second kappa shape index (κ2) is 6.25. The fourth-order valence-electron chi connectivity index (χ4n) is 2.51. The van der Waals surface area contributed by atoms with Crippen LogP contribution < -0.4 is 5.32 Å². The van der Waals surface area contributed by atoms with E-state index in [1.54, 1.807) is 0 Å². The number of aryl methyl sites for hydroxylation is 2. The second-order valence-corrected chi connectivity index (χ2v) is 5.08. The van der Waals surface area contributed by atoms with Crippen LogP contribution in [0.5, 0.6) is 0 Å². The van der Waals surface area contributed by atoms with Crippen LogP contribution in [0.15, 0.2) is 0 Å². The molecule has 1 aliphatic rings. The number of nitrogens with one attached hydrogen (secondary N) is 1. The molecule has 1 aromatic heterocycles. The van der Waals surface area contributed by atoms with Gasteiger partial charge in [0.25, 0.3) is 0 Å². The minimum absolute atomic E-state index is 0.604. The number of nitrogens with zero attached hydrogens (tertiary/aromatic N) is 2. The zero-order valence-corrected chi connectivity index (χ0v) is 11.6. The van der Waals surface area contributed by atoms with Crippen LogP contribution in [-0.2, 0) is 17.6 Å². The first kappa shape index (κ1) is 13.4. The monoisotopic (exact) mass is 249 g/mol. The average molecular weight is 249 g/mol. The molecule has 0 bridgehead atoms. The normalized spacial score (nSPS) is 19.4. The van der Waals surface area contributed by atoms with E-state index in [0.29, 0.717) is 5.92 Å². The number of rotatable bonds is 5. The maximum absolute atomic E-state index is 5.40. The fourth-order valence-corrected chi connectivity index (χ4v) is 2.51. The lowest BCUT2D eigenvalue weighted by atomic mass is 10.0. The molecule has 1 aliphatic heterocycles. The van der Waals surface area contributed by atoms with Crippen molar-refractivity contribution < 1.29 is 4.74 Å². The SMILES string of the molecule is CNCCc1c(C)nc(CC2CCOC2)nc1C. The van der Waals surface area contributed by atoms with Crippen molar-refractivity contribution >= 4 is 0 Å². The van der Waals surface area contributed by atoms with Crippen LogP contribution in [0.25, 0.3) is 0 Å². The molecule has 100 valence electrons. The van der Waals surface area contributed by atoms with Gasteiger partial charge in [0.2, 0.25) is 0 Å². The lowest BCUT2D eigenvalue weighted by Gasteiger charge is -2.12. The largest absolute Gasteiger partial charge is 0.381 e. The van der Waals surface area contributed by atoms with E-state index in [9.17, 15) is 0 Å². The summed E-state index contributed by atoms with van der Waals surface area (Å²) in [4.78, 5) is 9.31. The van der Waals surface area contributed by atoms with Crippen molar-refractivity contribution in [2.75, 3.05) is 26.8 Å². The number of ether oxygens (including phenoxy) is 1. The molecule has 4 nitrogen and oxygen atoms in total. The van der Waals surface area contributed by atoms with Gasteiger partial charge in [-0.15, -0.1) is 0 Å². The maximum atomic E-state index is 5.40. The van der Waals surface area contributed by atoms with E-state index in [2.05, 4.69) is 29.1 Å². The Kier molecular flexibility index (Phi) is 4.66. The molecule has 1 fully saturated rings. The molecule has 1 atom stereocenters. The van der Waals surface area contributed by atoms with E-state index in [4.69, 9.17) is 4.74 Å². The number of hydrogen-bond acceptors (Lipinski definition) is 4. The van der Waals surface area contributed by atoms with Crippen LogP contribution in [0.1, 0.15) is 29.2 Å². The third kappa shape index (κ3) is 3.27. The van der Waals surface area contributed by atoms with Gasteiger partial charge < -0.3 is 10.1 Å². The third-order valence-electron chi connectivity index (χ3n) is 3.59. The van der Waals surface area contributed by atoms with Crippen LogP contribution in [0.4, 0.5) is 0 Å². The van der Waals surface area contributed by atoms with Crippen molar-refractivity contribution in [3.05, 3.63) is 22.8 Å². The first-order valence-corrected chi connectivity index (χ1v) is 6.76. The molecule has 1 aromatic rings. The van der Waals surface area contributed by atoms with Crippen LogP contribution in [0, 0.1) is 19.8 Å². The van der Waals surface area contributed by atoms with Crippen LogP contribution in [-0.4, -0.2) is 36.8 Å². The summed E-state index contributed by atoms with van der Waals surface area (Å²) in [7, 11) is 1.97. The summed E-state index contributed by atoms with van der Waals surface area (Å²) >= 11 is 0. The Labute approximate surface area is 109 Å². The Bertz CT molecular complexity index is 377. The molecule has 0 aliphatic carbocycles. The molecule has 0 saturated carbocycles. The summed E-state index contributed by atoms with van der Waals surface area (Å²) in [6.07, 6.45) is 3.10. The van der Waals surface area contributed by atoms with Gasteiger partial charge >= 0.3 is 0 Å². The predicted molar refractivity (Wildman–Crippen MR) is 71.8 cm³/mol. The van der Waals surface area contributed by atoms with Crippen LogP contribution in [0.3, 0.4) is 0 Å². The highest BCUT2D eigenvalue weighted by Crippen LogP contribution is 2.18. The van der Waals surface area contributed by atoms with Crippen molar-refractivity contribution in [1.82, 2.24) is 15.3 Å². The topological polar surface area (TPSA) is 47.0 Å². The van der Waals surface area contributed by atoms with Gasteiger partial charge in [-0.1, -0.05) is 0 Å². The van der Waals surface area contributed by atoms with E-state index in [1.807, 2.05) is 7.05 Å². The van der Waals surface area contributed by atoms with E-state index in [0.717, 1.165) is 56.2 Å². The van der Waals surface area contributed by atoms with E-state index in [1.165, 1.54) is 5.56 Å². The number of likely N-dealkylation sites (N-methyl/N-ethyl adjacent to an activating group) is 1. The highest BCUT2D eigenvalue weighted by atomic mass is 16.5. The van der Waals surface area contributed by atoms with E-state index >= 15 is 0 Å². The molecule has 0 aromatic carbocycles. The van der Waals surface area contributed by atoms with Gasteiger partial charge in [0, 0.05) is 31.0 Å². The first-order chi connectivity index (χ1) is 8.70. The molecule has 2 heterocycles. The summed E-state index contributed by atoms with van der Waals surface area (Å²) in [6.45, 7) is 6.91. The Hall–Kier alpha value is -1.00. The summed E-state index contributed by atoms with van der Waals surface area (Å²) in [6, 6.07) is 0. The minimum Gasteiger partial charge on any atom is -0.381 e. The van der Waals surface area contributed by atoms with Crippen molar-refractivity contribution in [2.45, 2.75) is 33.1 Å². The summed E-state index contributed by atoms with van der Waals surface area (Å²) in [5, 5.41) is 3.17. The Morgan fingerprint density at radius 1 is 1.28 bits per heavy atom. The standard InChI is InChI=1S/C14H23N3O/c1-10-13(4-6-15-3)11(2)17-14(16-10)8-12-5-7-18-9-12/h12,15H,4-9H2,1-3H3. The molecule has 1 unspecified atom stereocenters. The summed E-state index contributed by atoms with van der Waals surface area (Å²) < 4.78 is 5.40. The zero-order valence-electron chi connectivity index (χ0n) is 11.6. The van der Waals surface area contributed by atoms with Gasteiger partial charge in [0.15, 0.2) is 0 Å². The lowest BCUT2D eigenvalue weighted by molar-refractivity contribution is 0.185. The molecule has 0 amide bonds. The molecule has 1 N–H and O–H groups in total. The molecule has 18 heavy (non-hydrogen) atoms. The van der Waals surface area contributed by atoms with Gasteiger partial charge in [-0.2, -0.15) is 0 Å². The van der Waals surface area contributed by atoms with Crippen molar-refractivity contribution in [2.24, 2.45) is 5.92 Å². The highest BCUT2D eigenvalue weighted by molar-refractivity contribution is 5.24. The smallest absolute Gasteiger partial charge is 0.129 e. The molecule has 4 heteroatoms. The number of hydrogen-bond donors (Lipinski definition) is 1. The minimum atomic E-state index is 0.604. The van der Waals surface area contributed by atoms with Gasteiger partial charge in [0.05, 0.1) is 0 Å². The van der Waals surface area contributed by atoms with Crippen molar-refractivity contribution in [1.29, 1.82) is 0 Å². The summed E-state index contributed by atoms with van der Waals surface area (Å²) in [5.74, 6) is 1.58. The van der Waals surface area contributed by atoms with E-state index < -0.39 is 0 Å². The molecular weight excluding hydrogens is 226 g/mol. The van der Waals surface area contributed by atoms with Gasteiger partial charge in [-0.25, -0.2) is 9.97 Å². The predicted octanol–water partition coefficient (Wildman–Crippen LogP) is 1.43. The fraction of sp³-hybridized carbons (Fsp3) is 0.714. The van der Waals surface area contributed by atoms with Gasteiger partial charge in [-0.05, 0) is 51.8 Å². The molecule has 0 spiro atoms. The lowest BCUT2D eigenvalue weighted by Crippen LogP contribution is -2.15. The van der Waals surface area contributed by atoms with Crippen LogP contribution >= 0.6 is 0 Å². The zero-order chi connectivity index (χ0) is 13.0. The molecule has 1 saturated heterocycles. The molecule has 0 radical (unpaired) electrons. The van der Waals surface area contributed by atoms with Gasteiger partial charge in [0.1, 0.15) is 5.82 Å². The van der Waals surface area contributed by atoms with Crippen molar-refractivity contribution in [3.63, 3.8) is 0 Å². The summed E-state index contributed by atoms with van der Waals surface area (Å²) in [5.41, 5.74) is 3.55. The Morgan fingerprint density at radius 2 is 2.00 bits per heavy atom. The second-order valence-electron chi connectivity index (χ2n) is 5.08. The number of aromatic nitrogens is 2. The van der Waals surface area contributed by atoms with E-state index in [-0.39, 0.29) is 0 Å². The van der Waals surface area contributed by atoms with Gasteiger partial charge in [-0.3, -0.25) is 0 Å². The first-order valence-electron chi connectivity index (χ1n) is 6.76. The quantitative estimate of drug-likeness (QED) is 0.857. The molecule has 2 rings (SSSR count). The third-order valence-corrected chi connectivity index (χ3v) is 3.59. The average Bonchev–Trinajstić information content (AvgIpc) is 2.81.